The Bertz CT molecular complexity index is 691. The second-order valence-corrected chi connectivity index (χ2v) is 3.82. The summed E-state index contributed by atoms with van der Waals surface area (Å²) in [4.78, 5) is 26.6. The van der Waals surface area contributed by atoms with Gasteiger partial charge in [0.25, 0.3) is 0 Å². The van der Waals surface area contributed by atoms with Crippen LogP contribution in [0.4, 0.5) is 10.1 Å². The molecule has 1 heterocycles. The van der Waals surface area contributed by atoms with E-state index in [9.17, 15) is 14.0 Å². The van der Waals surface area contributed by atoms with E-state index in [1.165, 1.54) is 24.3 Å². The Labute approximate surface area is 159 Å². The summed E-state index contributed by atoms with van der Waals surface area (Å²) in [5.74, 6) is -1.29. The Balaban J connectivity index is 0.00000200. The molecule has 0 fully saturated rings. The minimum atomic E-state index is -0.974. The quantitative estimate of drug-likeness (QED) is 0.606. The number of aromatic nitrogens is 2. The van der Waals surface area contributed by atoms with Gasteiger partial charge in [0.1, 0.15) is 11.6 Å². The smallest absolute Gasteiger partial charge is 0.238 e. The molecule has 0 atom stereocenters. The molecule has 2 N–H and O–H groups in total. The summed E-state index contributed by atoms with van der Waals surface area (Å²) in [5.41, 5.74) is 13.6. The van der Waals surface area contributed by atoms with E-state index in [2.05, 4.69) is 4.98 Å². The van der Waals surface area contributed by atoms with Crippen LogP contribution in [-0.4, -0.2) is 15.5 Å². The monoisotopic (exact) mass is 533 g/mol. The zero-order valence-electron chi connectivity index (χ0n) is 10.7. The summed E-state index contributed by atoms with van der Waals surface area (Å²) in [6, 6.07) is 5.21. The first kappa shape index (κ1) is 20.1. The summed E-state index contributed by atoms with van der Waals surface area (Å²) in [5, 5.41) is 0. The van der Waals surface area contributed by atoms with E-state index < -0.39 is 23.8 Å². The van der Waals surface area contributed by atoms with Gasteiger partial charge in [-0.1, -0.05) is 5.69 Å². The van der Waals surface area contributed by atoms with Gasteiger partial charge in [-0.05, 0) is 24.3 Å². The molecule has 21 heavy (non-hydrogen) atoms. The van der Waals surface area contributed by atoms with Gasteiger partial charge in [-0.25, -0.2) is 9.37 Å². The number of amides is 1. The van der Waals surface area contributed by atoms with Gasteiger partial charge < -0.3 is 16.3 Å². The molecule has 107 valence electrons. The van der Waals surface area contributed by atoms with Crippen LogP contribution < -0.4 is 5.56 Å². The second-order valence-electron chi connectivity index (χ2n) is 3.82. The van der Waals surface area contributed by atoms with Crippen molar-refractivity contribution in [3.63, 3.8) is 0 Å². The van der Waals surface area contributed by atoms with E-state index in [0.29, 0.717) is 5.56 Å². The molecule has 2 rings (SSSR count). The van der Waals surface area contributed by atoms with Crippen LogP contribution in [0.2, 0.25) is 0 Å². The summed E-state index contributed by atoms with van der Waals surface area (Å²) in [6.45, 7) is -0.495. The molecular formula is C12H9FN4O2WY-2. The number of nitrogens with one attached hydrogen (secondary N) is 2. The first-order valence-electron chi connectivity index (χ1n) is 5.31. The van der Waals surface area contributed by atoms with Gasteiger partial charge in [-0.2, -0.15) is 0 Å². The third kappa shape index (κ3) is 4.80. The van der Waals surface area contributed by atoms with Crippen molar-refractivity contribution in [2.75, 3.05) is 0 Å². The number of carbonyl (C=O) groups is 1. The van der Waals surface area contributed by atoms with E-state index in [1.54, 1.807) is 0 Å². The normalized spacial score (nSPS) is 9.38. The molecule has 9 heteroatoms. The molecule has 2 aromatic rings. The number of hydrogen-bond donors (Lipinski definition) is 0. The number of hydrogen-bond acceptors (Lipinski definition) is 3. The SMILES string of the molecule is [NH-]C(=O)Cn1c(-c2ccc(F)cc2)ncc([NH-])c1=O.[W].[Y]. The number of benzene rings is 1. The third-order valence-electron chi connectivity index (χ3n) is 2.45. The van der Waals surface area contributed by atoms with Crippen molar-refractivity contribution in [2.45, 2.75) is 6.54 Å². The minimum Gasteiger partial charge on any atom is -0.693 e. The first-order valence-corrected chi connectivity index (χ1v) is 5.31. The van der Waals surface area contributed by atoms with Crippen molar-refractivity contribution in [3.8, 4) is 11.4 Å². The number of carbonyl (C=O) groups excluding carboxylic acids is 1. The van der Waals surface area contributed by atoms with E-state index in [4.69, 9.17) is 11.5 Å². The van der Waals surface area contributed by atoms with Crippen molar-refractivity contribution in [1.29, 1.82) is 0 Å². The van der Waals surface area contributed by atoms with Crippen LogP contribution in [0.5, 0.6) is 0 Å². The van der Waals surface area contributed by atoms with E-state index in [-0.39, 0.29) is 65.3 Å². The molecule has 1 radical (unpaired) electrons. The van der Waals surface area contributed by atoms with Crippen molar-refractivity contribution < 1.29 is 63.0 Å². The van der Waals surface area contributed by atoms with Crippen LogP contribution in [0.1, 0.15) is 0 Å². The van der Waals surface area contributed by atoms with Crippen molar-refractivity contribution in [2.24, 2.45) is 0 Å². The van der Waals surface area contributed by atoms with Crippen LogP contribution in [-0.2, 0) is 65.1 Å². The Kier molecular flexibility index (Phi) is 8.15. The van der Waals surface area contributed by atoms with Crippen molar-refractivity contribution in [1.82, 2.24) is 9.55 Å². The second kappa shape index (κ2) is 8.51. The molecule has 0 aliphatic heterocycles. The van der Waals surface area contributed by atoms with E-state index in [1.807, 2.05) is 0 Å². The molecule has 1 aromatic heterocycles. The van der Waals surface area contributed by atoms with Gasteiger partial charge in [0.2, 0.25) is 5.56 Å². The van der Waals surface area contributed by atoms with Crippen molar-refractivity contribution in [3.05, 3.63) is 58.1 Å². The van der Waals surface area contributed by atoms with Crippen LogP contribution in [0.25, 0.3) is 22.9 Å². The Morgan fingerprint density at radius 2 is 1.86 bits per heavy atom. The van der Waals surface area contributed by atoms with Gasteiger partial charge in [-0.15, -0.1) is 0 Å². The van der Waals surface area contributed by atoms with Crippen LogP contribution >= 0.6 is 0 Å². The van der Waals surface area contributed by atoms with Crippen LogP contribution in [0, 0.1) is 5.82 Å². The molecule has 0 bridgehead atoms. The topological polar surface area (TPSA) is 99.6 Å². The predicted molar refractivity (Wildman–Crippen MR) is 67.2 cm³/mol. The molecular weight excluding hydrogens is 524 g/mol. The fourth-order valence-corrected chi connectivity index (χ4v) is 1.61. The fourth-order valence-electron chi connectivity index (χ4n) is 1.61. The number of nitrogens with zero attached hydrogens (tertiary/aromatic N) is 2. The van der Waals surface area contributed by atoms with Crippen LogP contribution in [0.3, 0.4) is 0 Å². The maximum atomic E-state index is 12.9. The van der Waals surface area contributed by atoms with Crippen LogP contribution in [0.15, 0.2) is 35.3 Å². The molecule has 1 amide bonds. The molecule has 6 nitrogen and oxygen atoms in total. The molecule has 0 aliphatic carbocycles. The zero-order chi connectivity index (χ0) is 14.0. The average Bonchev–Trinajstić information content (AvgIpc) is 2.36. The molecule has 1 aromatic carbocycles. The molecule has 0 spiro atoms. The molecule has 0 saturated carbocycles. The number of halogens is 1. The van der Waals surface area contributed by atoms with Gasteiger partial charge in [0.15, 0.2) is 0 Å². The standard InChI is InChI=1S/C12H10FN4O2.W.Y/c13-8-3-1-7(2-4-8)11-16-5-9(14)12(19)17(11)6-10(15)18;;/h1-5,14H,6H2,(H2,15,18);;/q-1;;/p-1. The first-order chi connectivity index (χ1) is 8.99. The predicted octanol–water partition coefficient (Wildman–Crippen LogP) is 2.31. The third-order valence-corrected chi connectivity index (χ3v) is 2.45. The minimum absolute atomic E-state index is 0. The summed E-state index contributed by atoms with van der Waals surface area (Å²) in [6.07, 6.45) is 1.06. The Morgan fingerprint density at radius 1 is 1.29 bits per heavy atom. The maximum absolute atomic E-state index is 12.9. The summed E-state index contributed by atoms with van der Waals surface area (Å²) in [7, 11) is 0. The molecule has 0 aliphatic rings. The van der Waals surface area contributed by atoms with E-state index in [0.717, 1.165) is 10.8 Å². The Morgan fingerprint density at radius 3 is 2.38 bits per heavy atom. The van der Waals surface area contributed by atoms with Gasteiger partial charge in [0.05, 0.1) is 12.5 Å². The Hall–Kier alpha value is -0.908. The largest absolute Gasteiger partial charge is 0.693 e. The van der Waals surface area contributed by atoms with Gasteiger partial charge >= 0.3 is 0 Å². The maximum Gasteiger partial charge on any atom is 0.238 e. The average molecular weight is 533 g/mol. The zero-order valence-corrected chi connectivity index (χ0v) is 16.4. The number of rotatable bonds is 3. The molecule has 0 saturated heterocycles. The fraction of sp³-hybridized carbons (Fsp3) is 0.0833. The van der Waals surface area contributed by atoms with E-state index >= 15 is 0 Å². The van der Waals surface area contributed by atoms with Gasteiger partial charge in [0, 0.05) is 65.5 Å². The summed E-state index contributed by atoms with van der Waals surface area (Å²) < 4.78 is 13.8. The summed E-state index contributed by atoms with van der Waals surface area (Å²) >= 11 is 0. The van der Waals surface area contributed by atoms with Gasteiger partial charge in [-0.3, -0.25) is 9.36 Å². The van der Waals surface area contributed by atoms with Crippen molar-refractivity contribution >= 4 is 11.6 Å². The molecule has 0 unspecified atom stereocenters.